The van der Waals surface area contributed by atoms with Gasteiger partial charge in [0.05, 0.1) is 0 Å². The van der Waals surface area contributed by atoms with Gasteiger partial charge in [0, 0.05) is 24.3 Å². The summed E-state index contributed by atoms with van der Waals surface area (Å²) in [5, 5.41) is 3.78. The van der Waals surface area contributed by atoms with Crippen LogP contribution in [0, 0.1) is 5.92 Å². The van der Waals surface area contributed by atoms with Crippen LogP contribution in [-0.2, 0) is 6.42 Å². The highest BCUT2D eigenvalue weighted by molar-refractivity contribution is 5.56. The summed E-state index contributed by atoms with van der Waals surface area (Å²) in [6.07, 6.45) is 7.95. The van der Waals surface area contributed by atoms with Crippen LogP contribution in [0.15, 0.2) is 24.3 Å². The number of aryl methyl sites for hydroxylation is 1. The van der Waals surface area contributed by atoms with Gasteiger partial charge >= 0.3 is 0 Å². The quantitative estimate of drug-likeness (QED) is 0.880. The average molecular weight is 286 g/mol. The topological polar surface area (TPSA) is 15.3 Å². The zero-order valence-corrected chi connectivity index (χ0v) is 13.6. The highest BCUT2D eigenvalue weighted by atomic mass is 15.2. The Bertz CT molecular complexity index is 457. The van der Waals surface area contributed by atoms with Crippen LogP contribution < -0.4 is 10.2 Å². The van der Waals surface area contributed by atoms with Gasteiger partial charge in [-0.1, -0.05) is 31.5 Å². The van der Waals surface area contributed by atoms with Crippen LogP contribution in [0.25, 0.3) is 0 Å². The highest BCUT2D eigenvalue weighted by Gasteiger charge is 2.31. The molecule has 0 amide bonds. The van der Waals surface area contributed by atoms with Crippen molar-refractivity contribution in [2.45, 2.75) is 64.5 Å². The highest BCUT2D eigenvalue weighted by Crippen LogP contribution is 2.34. The Morgan fingerprint density at radius 3 is 2.90 bits per heavy atom. The number of benzene rings is 1. The number of para-hydroxylation sites is 1. The van der Waals surface area contributed by atoms with E-state index in [1.807, 2.05) is 0 Å². The number of anilines is 1. The van der Waals surface area contributed by atoms with Crippen LogP contribution in [-0.4, -0.2) is 25.2 Å². The molecule has 0 spiro atoms. The SMILES string of the molecule is CCCNC1CCCC1CN1c2ccccc2CCC1C. The second-order valence-corrected chi connectivity index (χ2v) is 6.92. The van der Waals surface area contributed by atoms with Crippen molar-refractivity contribution in [3.8, 4) is 0 Å². The van der Waals surface area contributed by atoms with E-state index >= 15 is 0 Å². The standard InChI is InChI=1S/C19H30N2/c1-3-13-20-18-9-6-8-17(18)14-21-15(2)11-12-16-7-4-5-10-19(16)21/h4-5,7,10,15,17-18,20H,3,6,8-9,11-14H2,1-2H3. The zero-order valence-electron chi connectivity index (χ0n) is 13.6. The fraction of sp³-hybridized carbons (Fsp3) is 0.684. The molecule has 2 aliphatic rings. The van der Waals surface area contributed by atoms with Gasteiger partial charge < -0.3 is 10.2 Å². The molecule has 0 aromatic heterocycles. The van der Waals surface area contributed by atoms with E-state index in [0.29, 0.717) is 6.04 Å². The second-order valence-electron chi connectivity index (χ2n) is 6.92. The third-order valence-corrected chi connectivity index (χ3v) is 5.41. The molecule has 1 heterocycles. The summed E-state index contributed by atoms with van der Waals surface area (Å²) in [5.41, 5.74) is 3.05. The Balaban J connectivity index is 1.71. The van der Waals surface area contributed by atoms with Gasteiger partial charge in [-0.05, 0) is 63.1 Å². The molecular formula is C19H30N2. The summed E-state index contributed by atoms with van der Waals surface area (Å²) < 4.78 is 0. The van der Waals surface area contributed by atoms with Gasteiger partial charge in [-0.2, -0.15) is 0 Å². The smallest absolute Gasteiger partial charge is 0.0401 e. The van der Waals surface area contributed by atoms with Crippen LogP contribution in [0.4, 0.5) is 5.69 Å². The first-order chi connectivity index (χ1) is 10.3. The van der Waals surface area contributed by atoms with Crippen LogP contribution in [0.1, 0.15) is 51.5 Å². The minimum atomic E-state index is 0.687. The molecule has 21 heavy (non-hydrogen) atoms. The molecule has 116 valence electrons. The molecule has 0 saturated heterocycles. The number of hydrogen-bond acceptors (Lipinski definition) is 2. The molecule has 1 fully saturated rings. The predicted molar refractivity (Wildman–Crippen MR) is 91.0 cm³/mol. The third kappa shape index (κ3) is 3.26. The largest absolute Gasteiger partial charge is 0.368 e. The fourth-order valence-corrected chi connectivity index (χ4v) is 4.14. The lowest BCUT2D eigenvalue weighted by molar-refractivity contribution is 0.383. The minimum Gasteiger partial charge on any atom is -0.368 e. The van der Waals surface area contributed by atoms with Gasteiger partial charge in [-0.25, -0.2) is 0 Å². The van der Waals surface area contributed by atoms with Crippen molar-refractivity contribution in [2.24, 2.45) is 5.92 Å². The van der Waals surface area contributed by atoms with E-state index in [2.05, 4.69) is 48.3 Å². The molecule has 1 aliphatic heterocycles. The molecular weight excluding hydrogens is 256 g/mol. The maximum absolute atomic E-state index is 3.78. The van der Waals surface area contributed by atoms with Gasteiger partial charge in [0.15, 0.2) is 0 Å². The van der Waals surface area contributed by atoms with Gasteiger partial charge in [-0.3, -0.25) is 0 Å². The molecule has 2 nitrogen and oxygen atoms in total. The summed E-state index contributed by atoms with van der Waals surface area (Å²) in [6, 6.07) is 10.5. The molecule has 2 heteroatoms. The van der Waals surface area contributed by atoms with Gasteiger partial charge in [0.25, 0.3) is 0 Å². The molecule has 3 unspecified atom stereocenters. The molecule has 1 aromatic carbocycles. The molecule has 3 rings (SSSR count). The van der Waals surface area contributed by atoms with Crippen molar-refractivity contribution in [3.63, 3.8) is 0 Å². The molecule has 0 bridgehead atoms. The van der Waals surface area contributed by atoms with E-state index in [1.54, 1.807) is 5.56 Å². The van der Waals surface area contributed by atoms with Crippen LogP contribution in [0.5, 0.6) is 0 Å². The van der Waals surface area contributed by atoms with E-state index in [1.165, 1.54) is 57.3 Å². The number of nitrogens with one attached hydrogen (secondary N) is 1. The van der Waals surface area contributed by atoms with Crippen LogP contribution in [0.3, 0.4) is 0 Å². The number of fused-ring (bicyclic) bond motifs is 1. The van der Waals surface area contributed by atoms with E-state index < -0.39 is 0 Å². The predicted octanol–water partition coefficient (Wildman–Crippen LogP) is 4.00. The third-order valence-electron chi connectivity index (χ3n) is 5.41. The molecule has 1 aromatic rings. The average Bonchev–Trinajstić information content (AvgIpc) is 2.95. The monoisotopic (exact) mass is 286 g/mol. The Morgan fingerprint density at radius 1 is 1.19 bits per heavy atom. The first-order valence-corrected chi connectivity index (χ1v) is 8.87. The Morgan fingerprint density at radius 2 is 2.05 bits per heavy atom. The zero-order chi connectivity index (χ0) is 14.7. The lowest BCUT2D eigenvalue weighted by Gasteiger charge is -2.40. The van der Waals surface area contributed by atoms with E-state index in [4.69, 9.17) is 0 Å². The fourth-order valence-electron chi connectivity index (χ4n) is 4.14. The maximum atomic E-state index is 3.78. The minimum absolute atomic E-state index is 0.687. The molecule has 1 saturated carbocycles. The Labute approximate surface area is 129 Å². The molecule has 0 radical (unpaired) electrons. The summed E-state index contributed by atoms with van der Waals surface area (Å²) in [5.74, 6) is 0.824. The van der Waals surface area contributed by atoms with Crippen molar-refractivity contribution in [1.82, 2.24) is 5.32 Å². The van der Waals surface area contributed by atoms with Gasteiger partial charge in [-0.15, -0.1) is 0 Å². The van der Waals surface area contributed by atoms with Crippen molar-refractivity contribution in [1.29, 1.82) is 0 Å². The Kier molecular flexibility index (Phi) is 4.84. The molecule has 3 atom stereocenters. The van der Waals surface area contributed by atoms with E-state index in [9.17, 15) is 0 Å². The lowest BCUT2D eigenvalue weighted by Crippen LogP contribution is -2.45. The lowest BCUT2D eigenvalue weighted by atomic mass is 9.94. The Hall–Kier alpha value is -1.02. The van der Waals surface area contributed by atoms with Gasteiger partial charge in [0.2, 0.25) is 0 Å². The van der Waals surface area contributed by atoms with E-state index in [0.717, 1.165) is 12.0 Å². The summed E-state index contributed by atoms with van der Waals surface area (Å²) in [4.78, 5) is 2.69. The number of nitrogens with zero attached hydrogens (tertiary/aromatic N) is 1. The van der Waals surface area contributed by atoms with Gasteiger partial charge in [0.1, 0.15) is 0 Å². The first-order valence-electron chi connectivity index (χ1n) is 8.87. The normalized spacial score (nSPS) is 28.7. The summed E-state index contributed by atoms with van der Waals surface area (Å²) in [7, 11) is 0. The molecule has 1 N–H and O–H groups in total. The first kappa shape index (κ1) is 14.9. The summed E-state index contributed by atoms with van der Waals surface area (Å²) >= 11 is 0. The van der Waals surface area contributed by atoms with Crippen LogP contribution >= 0.6 is 0 Å². The molecule has 1 aliphatic carbocycles. The summed E-state index contributed by atoms with van der Waals surface area (Å²) in [6.45, 7) is 7.08. The van der Waals surface area contributed by atoms with E-state index in [-0.39, 0.29) is 0 Å². The second kappa shape index (κ2) is 6.83. The van der Waals surface area contributed by atoms with Crippen molar-refractivity contribution in [2.75, 3.05) is 18.0 Å². The van der Waals surface area contributed by atoms with Crippen molar-refractivity contribution < 1.29 is 0 Å². The number of hydrogen-bond donors (Lipinski definition) is 1. The van der Waals surface area contributed by atoms with Crippen LogP contribution in [0.2, 0.25) is 0 Å². The van der Waals surface area contributed by atoms with Crippen molar-refractivity contribution in [3.05, 3.63) is 29.8 Å². The van der Waals surface area contributed by atoms with Crippen molar-refractivity contribution >= 4 is 5.69 Å². The maximum Gasteiger partial charge on any atom is 0.0401 e. The number of rotatable bonds is 5.